The van der Waals surface area contributed by atoms with Crippen molar-refractivity contribution in [2.75, 3.05) is 13.7 Å². The standard InChI is InChI=1S/C16H17NO3S/c1-10(8-19-2)17-16(18)14-7-11-9-20-13-6-4-3-5-12(13)15(11)21-14/h3-7,10H,8-9H2,1-2H3,(H,17,18)/t10-/m0/s1. The summed E-state index contributed by atoms with van der Waals surface area (Å²) in [4.78, 5) is 14.1. The van der Waals surface area contributed by atoms with Crippen molar-refractivity contribution >= 4 is 17.2 Å². The molecule has 1 atom stereocenters. The molecule has 4 nitrogen and oxygen atoms in total. The minimum absolute atomic E-state index is 0.00911. The zero-order valence-corrected chi connectivity index (χ0v) is 12.8. The van der Waals surface area contributed by atoms with E-state index >= 15 is 0 Å². The number of benzene rings is 1. The molecule has 0 saturated carbocycles. The maximum atomic E-state index is 12.3. The second-order valence-corrected chi connectivity index (χ2v) is 6.13. The number of para-hydroxylation sites is 1. The minimum atomic E-state index is -0.0589. The number of carbonyl (C=O) groups is 1. The normalized spacial score (nSPS) is 13.8. The lowest BCUT2D eigenvalue weighted by molar-refractivity contribution is 0.0909. The van der Waals surface area contributed by atoms with Crippen LogP contribution >= 0.6 is 11.3 Å². The molecule has 1 aromatic carbocycles. The summed E-state index contributed by atoms with van der Waals surface area (Å²) >= 11 is 1.51. The average molecular weight is 303 g/mol. The van der Waals surface area contributed by atoms with Gasteiger partial charge >= 0.3 is 0 Å². The number of methoxy groups -OCH3 is 1. The summed E-state index contributed by atoms with van der Waals surface area (Å²) < 4.78 is 10.8. The van der Waals surface area contributed by atoms with Gasteiger partial charge in [-0.1, -0.05) is 12.1 Å². The van der Waals surface area contributed by atoms with E-state index in [1.54, 1.807) is 7.11 Å². The van der Waals surface area contributed by atoms with E-state index in [2.05, 4.69) is 5.32 Å². The zero-order valence-electron chi connectivity index (χ0n) is 12.0. The predicted molar refractivity (Wildman–Crippen MR) is 82.9 cm³/mol. The van der Waals surface area contributed by atoms with Crippen molar-refractivity contribution < 1.29 is 14.3 Å². The van der Waals surface area contributed by atoms with Gasteiger partial charge in [0.1, 0.15) is 12.4 Å². The Bertz CT molecular complexity index is 665. The van der Waals surface area contributed by atoms with Gasteiger partial charge in [0.25, 0.3) is 5.91 Å². The van der Waals surface area contributed by atoms with Gasteiger partial charge in [-0.2, -0.15) is 0 Å². The Labute approximate surface area is 127 Å². The summed E-state index contributed by atoms with van der Waals surface area (Å²) in [6, 6.07) is 9.84. The van der Waals surface area contributed by atoms with Gasteiger partial charge in [0.2, 0.25) is 0 Å². The van der Waals surface area contributed by atoms with Crippen molar-refractivity contribution in [3.63, 3.8) is 0 Å². The van der Waals surface area contributed by atoms with Gasteiger partial charge in [-0.15, -0.1) is 11.3 Å². The van der Waals surface area contributed by atoms with Crippen LogP contribution in [0.3, 0.4) is 0 Å². The van der Waals surface area contributed by atoms with Gasteiger partial charge in [0.05, 0.1) is 11.5 Å². The predicted octanol–water partition coefficient (Wildman–Crippen LogP) is 3.07. The summed E-state index contributed by atoms with van der Waals surface area (Å²) in [6.07, 6.45) is 0. The molecule has 21 heavy (non-hydrogen) atoms. The van der Waals surface area contributed by atoms with Crippen molar-refractivity contribution in [2.24, 2.45) is 0 Å². The van der Waals surface area contributed by atoms with Gasteiger partial charge < -0.3 is 14.8 Å². The fourth-order valence-electron chi connectivity index (χ4n) is 2.40. The van der Waals surface area contributed by atoms with Crippen LogP contribution in [0.25, 0.3) is 10.4 Å². The third kappa shape index (κ3) is 2.80. The number of nitrogens with one attached hydrogen (secondary N) is 1. The van der Waals surface area contributed by atoms with Gasteiger partial charge in [-0.25, -0.2) is 0 Å². The molecule has 0 fully saturated rings. The largest absolute Gasteiger partial charge is 0.488 e. The maximum absolute atomic E-state index is 12.3. The molecule has 2 aromatic rings. The van der Waals surface area contributed by atoms with E-state index in [4.69, 9.17) is 9.47 Å². The Morgan fingerprint density at radius 1 is 1.48 bits per heavy atom. The highest BCUT2D eigenvalue weighted by molar-refractivity contribution is 7.17. The monoisotopic (exact) mass is 303 g/mol. The van der Waals surface area contributed by atoms with Crippen LogP contribution < -0.4 is 10.1 Å². The SMILES string of the molecule is COC[C@H](C)NC(=O)c1cc2c(s1)-c1ccccc1OC2. The summed E-state index contributed by atoms with van der Waals surface area (Å²) in [5.41, 5.74) is 2.14. The van der Waals surface area contributed by atoms with E-state index in [9.17, 15) is 4.79 Å². The summed E-state index contributed by atoms with van der Waals surface area (Å²) in [5.74, 6) is 0.822. The quantitative estimate of drug-likeness (QED) is 0.944. The summed E-state index contributed by atoms with van der Waals surface area (Å²) in [5, 5.41) is 2.94. The Kier molecular flexibility index (Phi) is 3.94. The topological polar surface area (TPSA) is 47.6 Å². The van der Waals surface area contributed by atoms with Gasteiger partial charge in [0, 0.05) is 29.2 Å². The Balaban J connectivity index is 1.85. The lowest BCUT2D eigenvalue weighted by Crippen LogP contribution is -2.35. The molecule has 0 radical (unpaired) electrons. The fraction of sp³-hybridized carbons (Fsp3) is 0.312. The maximum Gasteiger partial charge on any atom is 0.261 e. The zero-order chi connectivity index (χ0) is 14.8. The van der Waals surface area contributed by atoms with Crippen molar-refractivity contribution in [3.8, 4) is 16.2 Å². The molecule has 0 aliphatic carbocycles. The molecule has 1 N–H and O–H groups in total. The van der Waals surface area contributed by atoms with Crippen LogP contribution in [-0.4, -0.2) is 25.7 Å². The molecule has 0 bridgehead atoms. The van der Waals surface area contributed by atoms with Crippen molar-refractivity contribution in [1.29, 1.82) is 0 Å². The van der Waals surface area contributed by atoms with Crippen molar-refractivity contribution in [3.05, 3.63) is 40.8 Å². The second kappa shape index (κ2) is 5.87. The van der Waals surface area contributed by atoms with E-state index in [-0.39, 0.29) is 11.9 Å². The third-order valence-corrected chi connectivity index (χ3v) is 4.55. The van der Waals surface area contributed by atoms with Crippen LogP contribution in [-0.2, 0) is 11.3 Å². The van der Waals surface area contributed by atoms with Crippen LogP contribution in [0.15, 0.2) is 30.3 Å². The number of ether oxygens (including phenoxy) is 2. The Hall–Kier alpha value is -1.85. The van der Waals surface area contributed by atoms with Crippen LogP contribution in [0, 0.1) is 0 Å². The number of thiophene rings is 1. The Morgan fingerprint density at radius 2 is 2.29 bits per heavy atom. The molecule has 1 aliphatic heterocycles. The first-order chi connectivity index (χ1) is 10.2. The van der Waals surface area contributed by atoms with Gasteiger partial charge in [0.15, 0.2) is 0 Å². The molecule has 1 aromatic heterocycles. The van der Waals surface area contributed by atoms with Crippen molar-refractivity contribution in [2.45, 2.75) is 19.6 Å². The van der Waals surface area contributed by atoms with Gasteiger partial charge in [-0.05, 0) is 25.1 Å². The van der Waals surface area contributed by atoms with E-state index < -0.39 is 0 Å². The third-order valence-electron chi connectivity index (χ3n) is 3.34. The minimum Gasteiger partial charge on any atom is -0.488 e. The molecular weight excluding hydrogens is 286 g/mol. The molecule has 3 rings (SSSR count). The number of rotatable bonds is 4. The summed E-state index contributed by atoms with van der Waals surface area (Å²) in [7, 11) is 1.63. The first kappa shape index (κ1) is 14.1. The van der Waals surface area contributed by atoms with Crippen LogP contribution in [0.2, 0.25) is 0 Å². The number of hydrogen-bond donors (Lipinski definition) is 1. The first-order valence-corrected chi connectivity index (χ1v) is 7.65. The smallest absolute Gasteiger partial charge is 0.261 e. The molecule has 1 amide bonds. The molecule has 2 heterocycles. The van der Waals surface area contributed by atoms with Gasteiger partial charge in [-0.3, -0.25) is 4.79 Å². The molecule has 0 unspecified atom stereocenters. The first-order valence-electron chi connectivity index (χ1n) is 6.83. The van der Waals surface area contributed by atoms with Crippen LogP contribution in [0.4, 0.5) is 0 Å². The van der Waals surface area contributed by atoms with Crippen LogP contribution in [0.1, 0.15) is 22.2 Å². The fourth-order valence-corrected chi connectivity index (χ4v) is 3.50. The Morgan fingerprint density at radius 3 is 3.10 bits per heavy atom. The lowest BCUT2D eigenvalue weighted by atomic mass is 10.1. The van der Waals surface area contributed by atoms with E-state index in [1.165, 1.54) is 11.3 Å². The molecule has 5 heteroatoms. The van der Waals surface area contributed by atoms with Crippen LogP contribution in [0.5, 0.6) is 5.75 Å². The van der Waals surface area contributed by atoms with Crippen molar-refractivity contribution in [1.82, 2.24) is 5.32 Å². The highest BCUT2D eigenvalue weighted by Gasteiger charge is 2.22. The van der Waals surface area contributed by atoms with E-state index in [0.29, 0.717) is 18.1 Å². The molecule has 0 saturated heterocycles. The molecule has 0 spiro atoms. The molecule has 1 aliphatic rings. The number of amides is 1. The molecule has 110 valence electrons. The number of carbonyl (C=O) groups excluding carboxylic acids is 1. The summed E-state index contributed by atoms with van der Waals surface area (Å²) in [6.45, 7) is 2.94. The molecular formula is C16H17NO3S. The van der Waals surface area contributed by atoms with E-state index in [0.717, 1.165) is 21.8 Å². The van der Waals surface area contributed by atoms with E-state index in [1.807, 2.05) is 37.3 Å². The lowest BCUT2D eigenvalue weighted by Gasteiger charge is -2.16. The number of hydrogen-bond acceptors (Lipinski definition) is 4. The average Bonchev–Trinajstić information content (AvgIpc) is 2.92. The second-order valence-electron chi connectivity index (χ2n) is 5.08. The number of fused-ring (bicyclic) bond motifs is 3. The highest BCUT2D eigenvalue weighted by Crippen LogP contribution is 2.42. The highest BCUT2D eigenvalue weighted by atomic mass is 32.1.